The van der Waals surface area contributed by atoms with Crippen molar-refractivity contribution in [3.63, 3.8) is 0 Å². The first kappa shape index (κ1) is 21.2. The Labute approximate surface area is 172 Å². The fourth-order valence-electron chi connectivity index (χ4n) is 3.75. The fraction of sp³-hybridized carbons (Fsp3) is 0.400. The van der Waals surface area contributed by atoms with Crippen molar-refractivity contribution in [2.75, 3.05) is 7.11 Å². The number of nitrogens with one attached hydrogen (secondary N) is 1. The van der Waals surface area contributed by atoms with E-state index in [9.17, 15) is 24.5 Å². The zero-order valence-electron chi connectivity index (χ0n) is 16.7. The number of hydrogen-bond donors (Lipinski definition) is 1. The lowest BCUT2D eigenvalue weighted by Crippen LogP contribution is -2.56. The highest BCUT2D eigenvalue weighted by Crippen LogP contribution is 2.29. The predicted octanol–water partition coefficient (Wildman–Crippen LogP) is 2.05. The zero-order valence-corrected chi connectivity index (χ0v) is 16.7. The van der Waals surface area contributed by atoms with Crippen LogP contribution in [0.5, 0.6) is 0 Å². The SMILES string of the molecule is COC(=O)C1(NC(=O)c2nn(-c3ccccc3[N+](=O)[O-])c(C)cc2=O)CCCCC1. The van der Waals surface area contributed by atoms with Gasteiger partial charge in [-0.2, -0.15) is 5.10 Å². The van der Waals surface area contributed by atoms with E-state index in [0.717, 1.165) is 19.3 Å². The van der Waals surface area contributed by atoms with Crippen LogP contribution in [0.4, 0.5) is 5.69 Å². The number of nitro benzene ring substituents is 1. The maximum absolute atomic E-state index is 12.9. The standard InChI is InChI=1S/C20H22N4O6/c1-13-12-16(25)17(22-23(13)14-8-4-5-9-15(14)24(28)29)18(26)21-20(19(27)30-2)10-6-3-7-11-20/h4-5,8-9,12H,3,6-7,10-11H2,1-2H3,(H,21,26). The van der Waals surface area contributed by atoms with Crippen LogP contribution in [-0.2, 0) is 9.53 Å². The van der Waals surface area contributed by atoms with Crippen molar-refractivity contribution in [1.82, 2.24) is 15.1 Å². The molecule has 1 amide bonds. The number of para-hydroxylation sites is 2. The summed E-state index contributed by atoms with van der Waals surface area (Å²) in [6, 6.07) is 7.07. The predicted molar refractivity (Wildman–Crippen MR) is 107 cm³/mol. The third-order valence-corrected chi connectivity index (χ3v) is 5.27. The van der Waals surface area contributed by atoms with Gasteiger partial charge in [-0.25, -0.2) is 9.48 Å². The number of nitro groups is 1. The molecule has 1 saturated carbocycles. The smallest absolute Gasteiger partial charge is 0.331 e. The number of methoxy groups -OCH3 is 1. The Morgan fingerprint density at radius 2 is 1.90 bits per heavy atom. The van der Waals surface area contributed by atoms with Gasteiger partial charge >= 0.3 is 5.97 Å². The number of carbonyl (C=O) groups excluding carboxylic acids is 2. The van der Waals surface area contributed by atoms with E-state index in [0.29, 0.717) is 18.5 Å². The summed E-state index contributed by atoms with van der Waals surface area (Å²) in [6.45, 7) is 1.56. The van der Waals surface area contributed by atoms with Gasteiger partial charge in [0, 0.05) is 17.8 Å². The Bertz CT molecular complexity index is 1060. The Balaban J connectivity index is 2.04. The summed E-state index contributed by atoms with van der Waals surface area (Å²) in [6.07, 6.45) is 3.20. The monoisotopic (exact) mass is 414 g/mol. The van der Waals surface area contributed by atoms with Crippen LogP contribution in [0.25, 0.3) is 5.69 Å². The average molecular weight is 414 g/mol. The number of hydrogen-bond acceptors (Lipinski definition) is 7. The van der Waals surface area contributed by atoms with Crippen molar-refractivity contribution >= 4 is 17.6 Å². The minimum absolute atomic E-state index is 0.120. The summed E-state index contributed by atoms with van der Waals surface area (Å²) in [7, 11) is 1.25. The molecule has 0 radical (unpaired) electrons. The Hall–Kier alpha value is -3.56. The van der Waals surface area contributed by atoms with Gasteiger partial charge in [0.2, 0.25) is 5.43 Å². The second-order valence-corrected chi connectivity index (χ2v) is 7.24. The lowest BCUT2D eigenvalue weighted by Gasteiger charge is -2.35. The molecule has 10 nitrogen and oxygen atoms in total. The number of amides is 1. The quantitative estimate of drug-likeness (QED) is 0.450. The van der Waals surface area contributed by atoms with E-state index in [1.807, 2.05) is 0 Å². The summed E-state index contributed by atoms with van der Waals surface area (Å²) in [4.78, 5) is 48.6. The highest BCUT2D eigenvalue weighted by Gasteiger charge is 2.42. The minimum atomic E-state index is -1.22. The first-order valence-electron chi connectivity index (χ1n) is 9.55. The van der Waals surface area contributed by atoms with Crippen LogP contribution in [0.3, 0.4) is 0 Å². The highest BCUT2D eigenvalue weighted by molar-refractivity contribution is 5.96. The molecule has 0 unspecified atom stereocenters. The molecule has 10 heteroatoms. The van der Waals surface area contributed by atoms with E-state index < -0.39 is 33.5 Å². The molecule has 0 bridgehead atoms. The van der Waals surface area contributed by atoms with Crippen LogP contribution < -0.4 is 10.7 Å². The molecule has 1 aliphatic carbocycles. The van der Waals surface area contributed by atoms with Crippen molar-refractivity contribution in [2.45, 2.75) is 44.6 Å². The first-order valence-corrected chi connectivity index (χ1v) is 9.55. The van der Waals surface area contributed by atoms with Crippen LogP contribution in [-0.4, -0.2) is 39.2 Å². The fourth-order valence-corrected chi connectivity index (χ4v) is 3.75. The molecule has 0 spiro atoms. The molecule has 1 aliphatic rings. The van der Waals surface area contributed by atoms with E-state index in [4.69, 9.17) is 4.74 Å². The molecule has 158 valence electrons. The van der Waals surface area contributed by atoms with Crippen LogP contribution in [0.1, 0.15) is 48.3 Å². The highest BCUT2D eigenvalue weighted by atomic mass is 16.6. The Kier molecular flexibility index (Phi) is 5.95. The third kappa shape index (κ3) is 3.93. The lowest BCUT2D eigenvalue weighted by atomic mass is 9.81. The Morgan fingerprint density at radius 3 is 2.53 bits per heavy atom. The summed E-state index contributed by atoms with van der Waals surface area (Å²) in [5.74, 6) is -1.39. The number of carbonyl (C=O) groups is 2. The van der Waals surface area contributed by atoms with E-state index in [1.54, 1.807) is 13.0 Å². The molecule has 0 aliphatic heterocycles. The van der Waals surface area contributed by atoms with Crippen LogP contribution in [0.2, 0.25) is 0 Å². The van der Waals surface area contributed by atoms with Crippen LogP contribution in [0, 0.1) is 17.0 Å². The summed E-state index contributed by atoms with van der Waals surface area (Å²) < 4.78 is 6.06. The molecule has 30 heavy (non-hydrogen) atoms. The van der Waals surface area contributed by atoms with E-state index in [1.165, 1.54) is 36.1 Å². The van der Waals surface area contributed by atoms with E-state index >= 15 is 0 Å². The van der Waals surface area contributed by atoms with Gasteiger partial charge in [0.05, 0.1) is 12.0 Å². The van der Waals surface area contributed by atoms with E-state index in [-0.39, 0.29) is 11.4 Å². The maximum Gasteiger partial charge on any atom is 0.331 e. The normalized spacial score (nSPS) is 15.3. The summed E-state index contributed by atoms with van der Waals surface area (Å²) >= 11 is 0. The number of benzene rings is 1. The average Bonchev–Trinajstić information content (AvgIpc) is 2.73. The van der Waals surface area contributed by atoms with Gasteiger partial charge in [-0.3, -0.25) is 19.7 Å². The van der Waals surface area contributed by atoms with Crippen molar-refractivity contribution in [3.8, 4) is 5.69 Å². The van der Waals surface area contributed by atoms with Gasteiger partial charge in [0.1, 0.15) is 11.2 Å². The van der Waals surface area contributed by atoms with Gasteiger partial charge in [0.25, 0.3) is 11.6 Å². The third-order valence-electron chi connectivity index (χ3n) is 5.27. The topological polar surface area (TPSA) is 133 Å². The van der Waals surface area contributed by atoms with Crippen LogP contribution >= 0.6 is 0 Å². The number of rotatable bonds is 5. The van der Waals surface area contributed by atoms with Gasteiger partial charge in [-0.15, -0.1) is 0 Å². The van der Waals surface area contributed by atoms with Gasteiger partial charge < -0.3 is 10.1 Å². The van der Waals surface area contributed by atoms with Crippen molar-refractivity contribution < 1.29 is 19.2 Å². The van der Waals surface area contributed by atoms with Crippen molar-refractivity contribution in [1.29, 1.82) is 0 Å². The Morgan fingerprint density at radius 1 is 1.23 bits per heavy atom. The van der Waals surface area contributed by atoms with Crippen molar-refractivity contribution in [2.24, 2.45) is 0 Å². The molecular weight excluding hydrogens is 392 g/mol. The zero-order chi connectivity index (χ0) is 21.9. The summed E-state index contributed by atoms with van der Waals surface area (Å²) in [5, 5.41) is 18.1. The first-order chi connectivity index (χ1) is 14.3. The largest absolute Gasteiger partial charge is 0.467 e. The second-order valence-electron chi connectivity index (χ2n) is 7.24. The molecule has 1 N–H and O–H groups in total. The molecule has 1 heterocycles. The van der Waals surface area contributed by atoms with Gasteiger partial charge in [0.15, 0.2) is 5.69 Å². The van der Waals surface area contributed by atoms with Gasteiger partial charge in [-0.05, 0) is 25.8 Å². The molecule has 3 rings (SSSR count). The number of nitrogens with zero attached hydrogens (tertiary/aromatic N) is 3. The van der Waals surface area contributed by atoms with Gasteiger partial charge in [-0.1, -0.05) is 31.4 Å². The molecule has 1 fully saturated rings. The lowest BCUT2D eigenvalue weighted by molar-refractivity contribution is -0.384. The number of aromatic nitrogens is 2. The number of aryl methyl sites for hydroxylation is 1. The molecule has 0 atom stereocenters. The molecule has 1 aromatic carbocycles. The number of ether oxygens (including phenoxy) is 1. The van der Waals surface area contributed by atoms with E-state index in [2.05, 4.69) is 10.4 Å². The molecule has 0 saturated heterocycles. The molecule has 2 aromatic rings. The summed E-state index contributed by atoms with van der Waals surface area (Å²) in [5.41, 5.74) is -2.09. The molecule has 1 aromatic heterocycles. The minimum Gasteiger partial charge on any atom is -0.467 e. The van der Waals surface area contributed by atoms with Crippen molar-refractivity contribution in [3.05, 3.63) is 62.1 Å². The second kappa shape index (κ2) is 8.44. The molecular formula is C20H22N4O6. The maximum atomic E-state index is 12.9. The number of esters is 1. The van der Waals surface area contributed by atoms with Crippen LogP contribution in [0.15, 0.2) is 35.1 Å².